The van der Waals surface area contributed by atoms with Gasteiger partial charge in [0, 0.05) is 43.3 Å². The van der Waals surface area contributed by atoms with Gasteiger partial charge in [0.1, 0.15) is 22.8 Å². The van der Waals surface area contributed by atoms with Crippen molar-refractivity contribution in [3.63, 3.8) is 0 Å². The highest BCUT2D eigenvalue weighted by molar-refractivity contribution is 6.11. The Morgan fingerprint density at radius 3 is 2.32 bits per heavy atom. The predicted molar refractivity (Wildman–Crippen MR) is 143 cm³/mol. The van der Waals surface area contributed by atoms with Crippen LogP contribution in [-0.2, 0) is 11.2 Å². The predicted octanol–water partition coefficient (Wildman–Crippen LogP) is 4.59. The Morgan fingerprint density at radius 2 is 1.57 bits per heavy atom. The fraction of sp³-hybridized carbons (Fsp3) is 0.241. The van der Waals surface area contributed by atoms with E-state index in [-0.39, 0.29) is 24.0 Å². The number of benzene rings is 3. The average molecular weight is 500 g/mol. The summed E-state index contributed by atoms with van der Waals surface area (Å²) in [4.78, 5) is 30.6. The number of fused-ring (bicyclic) bond motifs is 1. The molecule has 0 unspecified atom stereocenters. The molecule has 37 heavy (non-hydrogen) atoms. The molecule has 0 saturated carbocycles. The zero-order valence-electron chi connectivity index (χ0n) is 20.9. The van der Waals surface area contributed by atoms with Gasteiger partial charge in [0.25, 0.3) is 5.91 Å². The highest BCUT2D eigenvalue weighted by Crippen LogP contribution is 2.32. The van der Waals surface area contributed by atoms with E-state index in [2.05, 4.69) is 10.2 Å². The second kappa shape index (κ2) is 10.7. The van der Waals surface area contributed by atoms with Gasteiger partial charge in [0.15, 0.2) is 0 Å². The number of nitrogens with zero attached hydrogens (tertiary/aromatic N) is 2. The molecule has 4 aromatic rings. The zero-order valence-corrected chi connectivity index (χ0v) is 20.9. The summed E-state index contributed by atoms with van der Waals surface area (Å²) in [7, 11) is 3.24. The van der Waals surface area contributed by atoms with Crippen LogP contribution in [0.25, 0.3) is 11.0 Å². The molecule has 5 rings (SSSR count). The largest absolute Gasteiger partial charge is 0.497 e. The standard InChI is InChI=1S/C29H29N3O5/c1-35-22-9-5-7-20(17-22)18-26(33)30-27-24-11-3-4-12-25(24)37-28(27)29(34)32-15-13-31(14-16-32)21-8-6-10-23(19-21)36-2/h3-12,17,19H,13-16,18H2,1-2H3,(H,30,33). The van der Waals surface area contributed by atoms with Crippen molar-refractivity contribution in [2.24, 2.45) is 0 Å². The molecular weight excluding hydrogens is 470 g/mol. The Hall–Kier alpha value is -4.46. The van der Waals surface area contributed by atoms with Crippen molar-refractivity contribution in [1.29, 1.82) is 0 Å². The number of amides is 2. The van der Waals surface area contributed by atoms with Crippen molar-refractivity contribution in [3.05, 3.63) is 84.1 Å². The fourth-order valence-electron chi connectivity index (χ4n) is 4.59. The van der Waals surface area contributed by atoms with Crippen molar-refractivity contribution >= 4 is 34.2 Å². The molecule has 1 aliphatic heterocycles. The van der Waals surface area contributed by atoms with E-state index >= 15 is 0 Å². The Kier molecular flexibility index (Phi) is 6.98. The third kappa shape index (κ3) is 5.23. The summed E-state index contributed by atoms with van der Waals surface area (Å²) >= 11 is 0. The quantitative estimate of drug-likeness (QED) is 0.400. The summed E-state index contributed by atoms with van der Waals surface area (Å²) < 4.78 is 16.6. The summed E-state index contributed by atoms with van der Waals surface area (Å²) in [6.07, 6.45) is 0.142. The molecule has 1 saturated heterocycles. The van der Waals surface area contributed by atoms with Crippen molar-refractivity contribution < 1.29 is 23.5 Å². The first-order chi connectivity index (χ1) is 18.1. The molecule has 1 fully saturated rings. The molecule has 0 aliphatic carbocycles. The van der Waals surface area contributed by atoms with E-state index in [9.17, 15) is 9.59 Å². The first-order valence-corrected chi connectivity index (χ1v) is 12.2. The van der Waals surface area contributed by atoms with Crippen LogP contribution < -0.4 is 19.7 Å². The van der Waals surface area contributed by atoms with Crippen molar-refractivity contribution in [1.82, 2.24) is 4.90 Å². The number of methoxy groups -OCH3 is 2. The lowest BCUT2D eigenvalue weighted by atomic mass is 10.1. The molecule has 2 heterocycles. The van der Waals surface area contributed by atoms with E-state index < -0.39 is 0 Å². The number of piperazine rings is 1. The van der Waals surface area contributed by atoms with Crippen LogP contribution in [0.15, 0.2) is 77.2 Å². The third-order valence-corrected chi connectivity index (χ3v) is 6.54. The van der Waals surface area contributed by atoms with E-state index in [0.29, 0.717) is 48.6 Å². The molecular formula is C29H29N3O5. The molecule has 2 amide bonds. The van der Waals surface area contributed by atoms with Crippen molar-refractivity contribution in [3.8, 4) is 11.5 Å². The number of hydrogen-bond donors (Lipinski definition) is 1. The zero-order chi connectivity index (χ0) is 25.8. The monoisotopic (exact) mass is 499 g/mol. The smallest absolute Gasteiger partial charge is 0.291 e. The van der Waals surface area contributed by atoms with Gasteiger partial charge in [-0.05, 0) is 42.0 Å². The van der Waals surface area contributed by atoms with Crippen LogP contribution in [0.4, 0.5) is 11.4 Å². The topological polar surface area (TPSA) is 84.2 Å². The van der Waals surface area contributed by atoms with Gasteiger partial charge in [0.05, 0.1) is 20.6 Å². The fourth-order valence-corrected chi connectivity index (χ4v) is 4.59. The molecule has 190 valence electrons. The van der Waals surface area contributed by atoms with Crippen LogP contribution in [0.3, 0.4) is 0 Å². The molecule has 0 spiro atoms. The number of nitrogens with one attached hydrogen (secondary N) is 1. The molecule has 8 nitrogen and oxygen atoms in total. The number of rotatable bonds is 7. The van der Waals surface area contributed by atoms with Crippen LogP contribution in [0.5, 0.6) is 11.5 Å². The van der Waals surface area contributed by atoms with Gasteiger partial charge in [-0.3, -0.25) is 9.59 Å². The lowest BCUT2D eigenvalue weighted by molar-refractivity contribution is -0.115. The van der Waals surface area contributed by atoms with E-state index in [1.807, 2.05) is 66.7 Å². The van der Waals surface area contributed by atoms with Crippen LogP contribution >= 0.6 is 0 Å². The second-order valence-electron chi connectivity index (χ2n) is 8.86. The lowest BCUT2D eigenvalue weighted by Gasteiger charge is -2.36. The average Bonchev–Trinajstić information content (AvgIpc) is 3.31. The van der Waals surface area contributed by atoms with Gasteiger partial charge in [0.2, 0.25) is 11.7 Å². The molecule has 3 aromatic carbocycles. The minimum atomic E-state index is -0.239. The number of para-hydroxylation sites is 1. The summed E-state index contributed by atoms with van der Waals surface area (Å²) in [5.41, 5.74) is 2.83. The van der Waals surface area contributed by atoms with Gasteiger partial charge in [-0.2, -0.15) is 0 Å². The van der Waals surface area contributed by atoms with Gasteiger partial charge >= 0.3 is 0 Å². The lowest BCUT2D eigenvalue weighted by Crippen LogP contribution is -2.48. The molecule has 1 aromatic heterocycles. The number of carbonyl (C=O) groups is 2. The summed E-state index contributed by atoms with van der Waals surface area (Å²) in [6.45, 7) is 2.42. The summed E-state index contributed by atoms with van der Waals surface area (Å²) in [5, 5.41) is 3.64. The normalized spacial score (nSPS) is 13.5. The Morgan fingerprint density at radius 1 is 0.865 bits per heavy atom. The first-order valence-electron chi connectivity index (χ1n) is 12.2. The third-order valence-electron chi connectivity index (χ3n) is 6.54. The van der Waals surface area contributed by atoms with Gasteiger partial charge in [-0.15, -0.1) is 0 Å². The maximum Gasteiger partial charge on any atom is 0.291 e. The molecule has 1 N–H and O–H groups in total. The Balaban J connectivity index is 1.33. The maximum atomic E-state index is 13.6. The highest BCUT2D eigenvalue weighted by Gasteiger charge is 2.29. The number of ether oxygens (including phenoxy) is 2. The Bertz CT molecular complexity index is 1420. The van der Waals surface area contributed by atoms with E-state index in [1.54, 1.807) is 25.2 Å². The van der Waals surface area contributed by atoms with Crippen LogP contribution in [0.1, 0.15) is 16.1 Å². The van der Waals surface area contributed by atoms with Crippen LogP contribution in [-0.4, -0.2) is 57.1 Å². The minimum absolute atomic E-state index is 0.142. The Labute approximate surface area is 215 Å². The number of anilines is 2. The minimum Gasteiger partial charge on any atom is -0.497 e. The number of hydrogen-bond acceptors (Lipinski definition) is 6. The highest BCUT2D eigenvalue weighted by atomic mass is 16.5. The SMILES string of the molecule is COc1cccc(CC(=O)Nc2c(C(=O)N3CCN(c4cccc(OC)c4)CC3)oc3ccccc23)c1. The molecule has 1 aliphatic rings. The molecule has 0 radical (unpaired) electrons. The summed E-state index contributed by atoms with van der Waals surface area (Å²) in [5.74, 6) is 1.15. The summed E-state index contributed by atoms with van der Waals surface area (Å²) in [6, 6.07) is 22.6. The van der Waals surface area contributed by atoms with E-state index in [4.69, 9.17) is 13.9 Å². The second-order valence-corrected chi connectivity index (χ2v) is 8.86. The van der Waals surface area contributed by atoms with Crippen LogP contribution in [0, 0.1) is 0 Å². The van der Waals surface area contributed by atoms with E-state index in [1.165, 1.54) is 0 Å². The van der Waals surface area contributed by atoms with Gasteiger partial charge < -0.3 is 29.0 Å². The number of carbonyl (C=O) groups excluding carboxylic acids is 2. The van der Waals surface area contributed by atoms with Gasteiger partial charge in [-0.25, -0.2) is 0 Å². The molecule has 0 atom stereocenters. The van der Waals surface area contributed by atoms with Crippen molar-refractivity contribution in [2.75, 3.05) is 50.6 Å². The molecule has 8 heteroatoms. The van der Waals surface area contributed by atoms with Crippen LogP contribution in [0.2, 0.25) is 0 Å². The maximum absolute atomic E-state index is 13.6. The molecule has 0 bridgehead atoms. The van der Waals surface area contributed by atoms with E-state index in [0.717, 1.165) is 17.0 Å². The first kappa shape index (κ1) is 24.2. The van der Waals surface area contributed by atoms with Gasteiger partial charge in [-0.1, -0.05) is 30.3 Å². The number of furan rings is 1. The van der Waals surface area contributed by atoms with Crippen molar-refractivity contribution in [2.45, 2.75) is 6.42 Å².